The van der Waals surface area contributed by atoms with E-state index in [0.29, 0.717) is 31.1 Å². The molecule has 2 aromatic rings. The van der Waals surface area contributed by atoms with Crippen LogP contribution in [0.1, 0.15) is 46.8 Å². The zero-order valence-electron chi connectivity index (χ0n) is 18.6. The molecule has 31 heavy (non-hydrogen) atoms. The van der Waals surface area contributed by atoms with E-state index in [-0.39, 0.29) is 10.8 Å². The Hall–Kier alpha value is -1.83. The summed E-state index contributed by atoms with van der Waals surface area (Å²) in [5.74, 6) is 2.02. The van der Waals surface area contributed by atoms with Crippen molar-refractivity contribution in [2.24, 2.45) is 5.92 Å². The Morgan fingerprint density at radius 2 is 1.77 bits per heavy atom. The molecular formula is C24H32N2O3S2. The van der Waals surface area contributed by atoms with Crippen LogP contribution >= 0.6 is 11.8 Å². The number of hydrogen-bond donors (Lipinski definition) is 1. The summed E-state index contributed by atoms with van der Waals surface area (Å²) in [6.07, 6.45) is 1.75. The van der Waals surface area contributed by atoms with Crippen molar-refractivity contribution in [3.8, 4) is 0 Å². The Bertz CT molecular complexity index is 996. The maximum atomic E-state index is 13.0. The second-order valence-electron chi connectivity index (χ2n) is 8.36. The molecule has 0 saturated carbocycles. The molecule has 1 fully saturated rings. The van der Waals surface area contributed by atoms with E-state index in [1.165, 1.54) is 17.2 Å². The normalized spacial score (nSPS) is 15.7. The highest BCUT2D eigenvalue weighted by atomic mass is 32.2. The van der Waals surface area contributed by atoms with Crippen molar-refractivity contribution in [1.82, 2.24) is 9.62 Å². The van der Waals surface area contributed by atoms with Crippen molar-refractivity contribution in [2.45, 2.75) is 44.3 Å². The van der Waals surface area contributed by atoms with E-state index < -0.39 is 10.0 Å². The first-order valence-corrected chi connectivity index (χ1v) is 13.4. The monoisotopic (exact) mass is 460 g/mol. The molecule has 0 unspecified atom stereocenters. The number of hydrogen-bond acceptors (Lipinski definition) is 4. The zero-order valence-corrected chi connectivity index (χ0v) is 20.2. The summed E-state index contributed by atoms with van der Waals surface area (Å²) >= 11 is 1.76. The van der Waals surface area contributed by atoms with Gasteiger partial charge in [0.1, 0.15) is 0 Å². The highest BCUT2D eigenvalue weighted by molar-refractivity contribution is 7.98. The SMILES string of the molecule is Cc1ccc(CSCCNC(=O)c2cc(S(=O)(=O)N3CCC(C)CC3)ccc2C)cc1. The number of piperidine rings is 1. The van der Waals surface area contributed by atoms with Gasteiger partial charge < -0.3 is 5.32 Å². The highest BCUT2D eigenvalue weighted by Crippen LogP contribution is 2.25. The van der Waals surface area contributed by atoms with Crippen molar-refractivity contribution in [1.29, 1.82) is 0 Å². The smallest absolute Gasteiger partial charge is 0.251 e. The van der Waals surface area contributed by atoms with E-state index >= 15 is 0 Å². The van der Waals surface area contributed by atoms with E-state index in [0.717, 1.165) is 29.9 Å². The molecule has 0 spiro atoms. The molecule has 168 valence electrons. The molecule has 2 aromatic carbocycles. The number of sulfonamides is 1. The quantitative estimate of drug-likeness (QED) is 0.594. The molecule has 1 aliphatic heterocycles. The van der Waals surface area contributed by atoms with Crippen LogP contribution in [0, 0.1) is 19.8 Å². The molecule has 1 saturated heterocycles. The molecule has 1 amide bonds. The standard InChI is InChI=1S/C24H32N2O3S2/c1-18-4-7-21(8-5-18)17-30-15-12-25-24(27)23-16-22(9-6-20(23)3)31(28,29)26-13-10-19(2)11-14-26/h4-9,16,19H,10-15,17H2,1-3H3,(H,25,27). The largest absolute Gasteiger partial charge is 0.351 e. The van der Waals surface area contributed by atoms with E-state index in [9.17, 15) is 13.2 Å². The van der Waals surface area contributed by atoms with Crippen molar-refractivity contribution in [2.75, 3.05) is 25.4 Å². The first-order valence-electron chi connectivity index (χ1n) is 10.8. The summed E-state index contributed by atoms with van der Waals surface area (Å²) < 4.78 is 27.6. The van der Waals surface area contributed by atoms with Gasteiger partial charge in [-0.15, -0.1) is 0 Å². The Kier molecular flexibility index (Phi) is 8.19. The zero-order chi connectivity index (χ0) is 22.4. The topological polar surface area (TPSA) is 66.5 Å². The molecule has 0 bridgehead atoms. The minimum atomic E-state index is -3.57. The Balaban J connectivity index is 1.56. The lowest BCUT2D eigenvalue weighted by Crippen LogP contribution is -2.38. The lowest BCUT2D eigenvalue weighted by Gasteiger charge is -2.29. The minimum absolute atomic E-state index is 0.201. The fraction of sp³-hybridized carbons (Fsp3) is 0.458. The van der Waals surface area contributed by atoms with E-state index in [1.54, 1.807) is 28.2 Å². The fourth-order valence-corrected chi connectivity index (χ4v) is 5.90. The lowest BCUT2D eigenvalue weighted by atomic mass is 10.0. The van der Waals surface area contributed by atoms with Crippen LogP contribution in [-0.4, -0.2) is 44.0 Å². The maximum Gasteiger partial charge on any atom is 0.251 e. The number of nitrogens with zero attached hydrogens (tertiary/aromatic N) is 1. The second-order valence-corrected chi connectivity index (χ2v) is 11.4. The van der Waals surface area contributed by atoms with Gasteiger partial charge in [0.05, 0.1) is 4.90 Å². The van der Waals surface area contributed by atoms with Gasteiger partial charge in [-0.1, -0.05) is 42.8 Å². The van der Waals surface area contributed by atoms with Gasteiger partial charge >= 0.3 is 0 Å². The van der Waals surface area contributed by atoms with Gasteiger partial charge in [0.2, 0.25) is 10.0 Å². The van der Waals surface area contributed by atoms with Crippen LogP contribution in [0.15, 0.2) is 47.4 Å². The minimum Gasteiger partial charge on any atom is -0.351 e. The number of carbonyl (C=O) groups excluding carboxylic acids is 1. The van der Waals surface area contributed by atoms with Gasteiger partial charge in [-0.3, -0.25) is 4.79 Å². The third-order valence-corrected chi connectivity index (χ3v) is 8.68. The number of benzene rings is 2. The number of thioether (sulfide) groups is 1. The first kappa shape index (κ1) is 23.8. The molecule has 1 aliphatic rings. The molecule has 1 N–H and O–H groups in total. The summed E-state index contributed by atoms with van der Waals surface area (Å²) in [6, 6.07) is 13.3. The molecule has 3 rings (SSSR count). The molecule has 0 aliphatic carbocycles. The summed E-state index contributed by atoms with van der Waals surface area (Å²) in [5, 5.41) is 2.93. The van der Waals surface area contributed by atoms with Gasteiger partial charge in [-0.25, -0.2) is 8.42 Å². The van der Waals surface area contributed by atoms with Crippen molar-refractivity contribution in [3.63, 3.8) is 0 Å². The van der Waals surface area contributed by atoms with Gasteiger partial charge in [0, 0.05) is 36.7 Å². The van der Waals surface area contributed by atoms with Crippen LogP contribution < -0.4 is 5.32 Å². The van der Waals surface area contributed by atoms with Gasteiger partial charge in [-0.2, -0.15) is 16.1 Å². The van der Waals surface area contributed by atoms with Gasteiger partial charge in [-0.05, 0) is 55.9 Å². The number of amides is 1. The van der Waals surface area contributed by atoms with Crippen molar-refractivity contribution in [3.05, 3.63) is 64.7 Å². The molecule has 0 radical (unpaired) electrons. The fourth-order valence-electron chi connectivity index (χ4n) is 3.59. The van der Waals surface area contributed by atoms with Crippen LogP contribution in [-0.2, 0) is 15.8 Å². The lowest BCUT2D eigenvalue weighted by molar-refractivity contribution is 0.0955. The summed E-state index contributed by atoms with van der Waals surface area (Å²) in [4.78, 5) is 12.9. The maximum absolute atomic E-state index is 13.0. The van der Waals surface area contributed by atoms with Crippen LogP contribution in [0.25, 0.3) is 0 Å². The van der Waals surface area contributed by atoms with Crippen molar-refractivity contribution < 1.29 is 13.2 Å². The first-order chi connectivity index (χ1) is 14.8. The Labute approximate surface area is 190 Å². The number of rotatable bonds is 8. The summed E-state index contributed by atoms with van der Waals surface area (Å²) in [7, 11) is -3.57. The van der Waals surface area contributed by atoms with Gasteiger partial charge in [0.25, 0.3) is 5.91 Å². The van der Waals surface area contributed by atoms with Gasteiger partial charge in [0.15, 0.2) is 0 Å². The van der Waals surface area contributed by atoms with E-state index in [4.69, 9.17) is 0 Å². The summed E-state index contributed by atoms with van der Waals surface area (Å²) in [5.41, 5.74) is 3.71. The van der Waals surface area contributed by atoms with E-state index in [1.807, 2.05) is 6.92 Å². The average Bonchev–Trinajstić information content (AvgIpc) is 2.75. The Morgan fingerprint density at radius 1 is 1.10 bits per heavy atom. The van der Waals surface area contributed by atoms with Crippen LogP contribution in [0.4, 0.5) is 0 Å². The predicted molar refractivity (Wildman–Crippen MR) is 128 cm³/mol. The van der Waals surface area contributed by atoms with Crippen LogP contribution in [0.5, 0.6) is 0 Å². The second kappa shape index (κ2) is 10.7. The number of carbonyl (C=O) groups is 1. The van der Waals surface area contributed by atoms with Crippen molar-refractivity contribution >= 4 is 27.7 Å². The number of aryl methyl sites for hydroxylation is 2. The van der Waals surface area contributed by atoms with Crippen LogP contribution in [0.2, 0.25) is 0 Å². The molecule has 0 atom stereocenters. The Morgan fingerprint density at radius 3 is 2.45 bits per heavy atom. The van der Waals surface area contributed by atoms with Crippen LogP contribution in [0.3, 0.4) is 0 Å². The average molecular weight is 461 g/mol. The third-order valence-electron chi connectivity index (χ3n) is 5.76. The van der Waals surface area contributed by atoms with E-state index in [2.05, 4.69) is 43.4 Å². The summed E-state index contributed by atoms with van der Waals surface area (Å²) in [6.45, 7) is 7.67. The molecule has 7 heteroatoms. The molecule has 5 nitrogen and oxygen atoms in total. The third kappa shape index (κ3) is 6.34. The highest BCUT2D eigenvalue weighted by Gasteiger charge is 2.28. The molecule has 1 heterocycles. The molecular weight excluding hydrogens is 428 g/mol. The number of nitrogens with one attached hydrogen (secondary N) is 1. The predicted octanol–water partition coefficient (Wildman–Crippen LogP) is 4.39. The molecule has 0 aromatic heterocycles.